The average Bonchev–Trinajstić information content (AvgIpc) is 3.06. The van der Waals surface area contributed by atoms with Crippen molar-refractivity contribution < 1.29 is 29.4 Å². The smallest absolute Gasteiger partial charge is 0.243 e. The molecule has 2 fully saturated rings. The molecule has 2 aliphatic heterocycles. The highest BCUT2D eigenvalue weighted by atomic mass is 16.7. The second-order valence-corrected chi connectivity index (χ2v) is 11.5. The van der Waals surface area contributed by atoms with Gasteiger partial charge in [0, 0.05) is 69.8 Å². The molecule has 0 radical (unpaired) electrons. The molecule has 2 heterocycles. The van der Waals surface area contributed by atoms with Crippen LogP contribution in [0.5, 0.6) is 0 Å². The Morgan fingerprint density at radius 3 is 2.11 bits per heavy atom. The number of rotatable bonds is 12. The number of aliphatic hydroxyl groups excluding tert-OH is 1. The second-order valence-electron chi connectivity index (χ2n) is 11.5. The predicted octanol–water partition coefficient (Wildman–Crippen LogP) is 4.16. The zero-order valence-electron chi connectivity index (χ0n) is 24.9. The molecule has 5 rings (SSSR count). The number of aliphatic hydroxyl groups is 1. The van der Waals surface area contributed by atoms with E-state index in [4.69, 9.17) is 14.7 Å². The molecule has 10 heteroatoms. The first-order valence-corrected chi connectivity index (χ1v) is 15.3. The first-order valence-electron chi connectivity index (χ1n) is 15.3. The Morgan fingerprint density at radius 2 is 1.43 bits per heavy atom. The van der Waals surface area contributed by atoms with E-state index in [0.29, 0.717) is 12.1 Å². The standard InChI is InChI=1S/C34H42N4O6/c39-24-26-9-11-27(12-10-26)31-21-30(23-38-19-17-37(18-20-38)22-25-5-2-1-3-6-25)43-34(44-31)28-13-15-29(16-14-28)35-32(40)7-4-8-33(41)36-42/h1-3,5-6,9-16,30-31,34,39,42H,4,7-8,17-24H2,(H,35,40)(H,36,41)/t30-,31+,34+/m0/s1. The van der Waals surface area contributed by atoms with Gasteiger partial charge in [-0.05, 0) is 35.2 Å². The molecular weight excluding hydrogens is 560 g/mol. The van der Waals surface area contributed by atoms with Crippen LogP contribution in [0.15, 0.2) is 78.9 Å². The molecular formula is C34H42N4O6. The summed E-state index contributed by atoms with van der Waals surface area (Å²) in [6.45, 7) is 5.75. The molecule has 2 aliphatic rings. The minimum atomic E-state index is -0.572. The molecule has 2 saturated heterocycles. The lowest BCUT2D eigenvalue weighted by Crippen LogP contribution is -2.49. The number of carbonyl (C=O) groups excluding carboxylic acids is 2. The average molecular weight is 603 g/mol. The molecule has 3 aromatic carbocycles. The summed E-state index contributed by atoms with van der Waals surface area (Å²) < 4.78 is 13.0. The number of benzene rings is 3. The number of ether oxygens (including phenoxy) is 2. The Labute approximate surface area is 258 Å². The Balaban J connectivity index is 1.20. The van der Waals surface area contributed by atoms with E-state index < -0.39 is 12.2 Å². The maximum Gasteiger partial charge on any atom is 0.243 e. The van der Waals surface area contributed by atoms with E-state index in [1.165, 1.54) is 5.56 Å². The summed E-state index contributed by atoms with van der Waals surface area (Å²) in [5.74, 6) is -0.718. The number of nitrogens with one attached hydrogen (secondary N) is 2. The van der Waals surface area contributed by atoms with Gasteiger partial charge in [0.05, 0.1) is 18.8 Å². The minimum absolute atomic E-state index is 0.00268. The van der Waals surface area contributed by atoms with Crippen LogP contribution < -0.4 is 10.8 Å². The van der Waals surface area contributed by atoms with E-state index in [1.807, 2.05) is 48.5 Å². The number of nitrogens with zero attached hydrogens (tertiary/aromatic N) is 2. The molecule has 10 nitrogen and oxygen atoms in total. The summed E-state index contributed by atoms with van der Waals surface area (Å²) in [5, 5.41) is 20.9. The molecule has 0 unspecified atom stereocenters. The fraction of sp³-hybridized carbons (Fsp3) is 0.412. The lowest BCUT2D eigenvalue weighted by molar-refractivity contribution is -0.253. The van der Waals surface area contributed by atoms with Gasteiger partial charge in [-0.2, -0.15) is 0 Å². The summed E-state index contributed by atoms with van der Waals surface area (Å²) in [4.78, 5) is 28.4. The van der Waals surface area contributed by atoms with Crippen molar-refractivity contribution in [1.29, 1.82) is 0 Å². The number of carbonyl (C=O) groups is 2. The Bertz CT molecular complexity index is 1330. The normalized spacial score (nSPS) is 21.1. The Morgan fingerprint density at radius 1 is 0.773 bits per heavy atom. The highest BCUT2D eigenvalue weighted by Gasteiger charge is 2.33. The van der Waals surface area contributed by atoms with E-state index >= 15 is 0 Å². The lowest BCUT2D eigenvalue weighted by Gasteiger charge is -2.40. The van der Waals surface area contributed by atoms with Crippen molar-refractivity contribution in [2.45, 2.75) is 57.3 Å². The number of amides is 2. The molecule has 3 atom stereocenters. The van der Waals surface area contributed by atoms with Crippen LogP contribution in [0, 0.1) is 0 Å². The van der Waals surface area contributed by atoms with Gasteiger partial charge in [-0.3, -0.25) is 24.6 Å². The van der Waals surface area contributed by atoms with Crippen molar-refractivity contribution in [1.82, 2.24) is 15.3 Å². The van der Waals surface area contributed by atoms with Crippen LogP contribution in [0.2, 0.25) is 0 Å². The van der Waals surface area contributed by atoms with E-state index in [-0.39, 0.29) is 37.6 Å². The van der Waals surface area contributed by atoms with Crippen LogP contribution in [-0.4, -0.2) is 70.8 Å². The minimum Gasteiger partial charge on any atom is -0.392 e. The largest absolute Gasteiger partial charge is 0.392 e. The Hall–Kier alpha value is -3.64. The fourth-order valence-electron chi connectivity index (χ4n) is 5.71. The predicted molar refractivity (Wildman–Crippen MR) is 165 cm³/mol. The van der Waals surface area contributed by atoms with Gasteiger partial charge < -0.3 is 19.9 Å². The lowest BCUT2D eigenvalue weighted by atomic mass is 9.99. The quantitative estimate of drug-likeness (QED) is 0.180. The van der Waals surface area contributed by atoms with Gasteiger partial charge >= 0.3 is 0 Å². The van der Waals surface area contributed by atoms with Crippen molar-refractivity contribution in [3.05, 3.63) is 101 Å². The van der Waals surface area contributed by atoms with Crippen molar-refractivity contribution >= 4 is 17.5 Å². The van der Waals surface area contributed by atoms with Gasteiger partial charge in [-0.1, -0.05) is 66.7 Å². The van der Waals surface area contributed by atoms with Crippen molar-refractivity contribution in [3.8, 4) is 0 Å². The van der Waals surface area contributed by atoms with Crippen LogP contribution in [0.3, 0.4) is 0 Å². The van der Waals surface area contributed by atoms with Crippen molar-refractivity contribution in [3.63, 3.8) is 0 Å². The molecule has 0 saturated carbocycles. The highest BCUT2D eigenvalue weighted by Crippen LogP contribution is 2.38. The summed E-state index contributed by atoms with van der Waals surface area (Å²) in [7, 11) is 0. The number of hydrogen-bond acceptors (Lipinski definition) is 8. The topological polar surface area (TPSA) is 124 Å². The molecule has 0 aromatic heterocycles. The maximum atomic E-state index is 12.3. The molecule has 2 amide bonds. The van der Waals surface area contributed by atoms with E-state index in [9.17, 15) is 14.7 Å². The number of hydroxylamine groups is 1. The van der Waals surface area contributed by atoms with Gasteiger partial charge in [0.15, 0.2) is 6.29 Å². The van der Waals surface area contributed by atoms with Gasteiger partial charge in [-0.15, -0.1) is 0 Å². The zero-order valence-corrected chi connectivity index (χ0v) is 24.9. The van der Waals surface area contributed by atoms with Crippen molar-refractivity contribution in [2.75, 3.05) is 38.0 Å². The zero-order chi connectivity index (χ0) is 30.7. The summed E-state index contributed by atoms with van der Waals surface area (Å²) >= 11 is 0. The SMILES string of the molecule is O=C(CCCC(=O)Nc1ccc([C@@H]2O[C@H](CN3CCN(Cc4ccccc4)CC3)C[C@H](c3ccc(CO)cc3)O2)cc1)NO. The second kappa shape index (κ2) is 15.9. The van der Waals surface area contributed by atoms with Crippen LogP contribution in [0.25, 0.3) is 0 Å². The number of hydrogen-bond donors (Lipinski definition) is 4. The number of piperazine rings is 1. The van der Waals surface area contributed by atoms with Crippen molar-refractivity contribution in [2.24, 2.45) is 0 Å². The molecule has 0 bridgehead atoms. The fourth-order valence-corrected chi connectivity index (χ4v) is 5.71. The van der Waals surface area contributed by atoms with E-state index in [1.54, 1.807) is 5.48 Å². The van der Waals surface area contributed by atoms with Gasteiger partial charge in [0.25, 0.3) is 0 Å². The molecule has 44 heavy (non-hydrogen) atoms. The van der Waals surface area contributed by atoms with Crippen LogP contribution in [-0.2, 0) is 32.2 Å². The highest BCUT2D eigenvalue weighted by molar-refractivity contribution is 5.91. The first-order chi connectivity index (χ1) is 21.5. The monoisotopic (exact) mass is 602 g/mol. The third-order valence-corrected chi connectivity index (χ3v) is 8.19. The molecule has 4 N–H and O–H groups in total. The van der Waals surface area contributed by atoms with E-state index in [0.717, 1.165) is 62.4 Å². The van der Waals surface area contributed by atoms with Gasteiger partial charge in [-0.25, -0.2) is 5.48 Å². The first kappa shape index (κ1) is 31.8. The third-order valence-electron chi connectivity index (χ3n) is 8.19. The number of anilines is 1. The molecule has 0 spiro atoms. The van der Waals surface area contributed by atoms with E-state index in [2.05, 4.69) is 45.4 Å². The third kappa shape index (κ3) is 9.18. The molecule has 0 aliphatic carbocycles. The van der Waals surface area contributed by atoms with Crippen LogP contribution >= 0.6 is 0 Å². The van der Waals surface area contributed by atoms with Gasteiger partial charge in [0.2, 0.25) is 11.8 Å². The summed E-state index contributed by atoms with van der Waals surface area (Å²) in [6.07, 6.45) is 0.536. The van der Waals surface area contributed by atoms with Crippen LogP contribution in [0.4, 0.5) is 5.69 Å². The Kier molecular flexibility index (Phi) is 11.5. The van der Waals surface area contributed by atoms with Crippen LogP contribution in [0.1, 0.15) is 60.3 Å². The summed E-state index contributed by atoms with van der Waals surface area (Å²) in [5.41, 5.74) is 6.31. The summed E-state index contributed by atoms with van der Waals surface area (Å²) in [6, 6.07) is 25.9. The maximum absolute atomic E-state index is 12.3. The molecule has 234 valence electrons. The van der Waals surface area contributed by atoms with Gasteiger partial charge in [0.1, 0.15) is 0 Å². The molecule has 3 aromatic rings.